The van der Waals surface area contributed by atoms with Crippen molar-refractivity contribution in [1.82, 2.24) is 19.3 Å². The van der Waals surface area contributed by atoms with Crippen molar-refractivity contribution in [1.29, 1.82) is 0 Å². The zero-order valence-electron chi connectivity index (χ0n) is 15.0. The molecule has 140 valence electrons. The number of anilines is 1. The lowest BCUT2D eigenvalue weighted by Crippen LogP contribution is -2.30. The number of amides is 1. The Morgan fingerprint density at radius 3 is 2.54 bits per heavy atom. The third-order valence-electron chi connectivity index (χ3n) is 4.31. The molecule has 0 atom stereocenters. The number of para-hydroxylation sites is 1. The van der Waals surface area contributed by atoms with E-state index in [0.29, 0.717) is 22.5 Å². The zero-order chi connectivity index (χ0) is 19.7. The number of nitrogens with one attached hydrogen (secondary N) is 1. The molecule has 0 aliphatic rings. The first-order valence-electron chi connectivity index (χ1n) is 8.59. The van der Waals surface area contributed by atoms with Gasteiger partial charge >= 0.3 is 0 Å². The number of halogens is 1. The fourth-order valence-corrected chi connectivity index (χ4v) is 3.29. The fourth-order valence-electron chi connectivity index (χ4n) is 2.93. The molecule has 0 unspecified atom stereocenters. The topological polar surface area (TPSA) is 81.8 Å². The molecule has 4 aromatic rings. The Morgan fingerprint density at radius 1 is 1.11 bits per heavy atom. The molecule has 0 saturated heterocycles. The van der Waals surface area contributed by atoms with Crippen molar-refractivity contribution >= 4 is 45.2 Å². The largest absolute Gasteiger partial charge is 0.325 e. The van der Waals surface area contributed by atoms with E-state index in [-0.39, 0.29) is 18.0 Å². The van der Waals surface area contributed by atoms with Crippen LogP contribution < -0.4 is 10.9 Å². The van der Waals surface area contributed by atoms with Gasteiger partial charge in [-0.25, -0.2) is 9.67 Å². The van der Waals surface area contributed by atoms with Crippen LogP contribution in [0.25, 0.3) is 16.7 Å². The fraction of sp³-hybridized carbons (Fsp3) is 0.100. The summed E-state index contributed by atoms with van der Waals surface area (Å²) in [5.74, 6) is 0.163. The average molecular weight is 485 g/mol. The van der Waals surface area contributed by atoms with Crippen LogP contribution >= 0.6 is 22.6 Å². The molecule has 4 rings (SSSR count). The number of nitrogens with zero attached hydrogens (tertiary/aromatic N) is 4. The minimum Gasteiger partial charge on any atom is -0.325 e. The maximum Gasteiger partial charge on any atom is 0.265 e. The highest BCUT2D eigenvalue weighted by atomic mass is 127. The van der Waals surface area contributed by atoms with Gasteiger partial charge in [0, 0.05) is 9.26 Å². The van der Waals surface area contributed by atoms with Gasteiger partial charge in [0.15, 0.2) is 5.65 Å². The summed E-state index contributed by atoms with van der Waals surface area (Å²) in [4.78, 5) is 29.9. The van der Waals surface area contributed by atoms with Crippen molar-refractivity contribution in [3.8, 4) is 5.69 Å². The molecule has 8 heteroatoms. The molecule has 0 bridgehead atoms. The Bertz CT molecular complexity index is 1210. The summed E-state index contributed by atoms with van der Waals surface area (Å²) in [6, 6.07) is 16.9. The summed E-state index contributed by atoms with van der Waals surface area (Å²) < 4.78 is 4.06. The molecular weight excluding hydrogens is 469 g/mol. The van der Waals surface area contributed by atoms with Gasteiger partial charge in [0.2, 0.25) is 5.91 Å². The van der Waals surface area contributed by atoms with Gasteiger partial charge in [-0.15, -0.1) is 0 Å². The zero-order valence-corrected chi connectivity index (χ0v) is 17.1. The second kappa shape index (κ2) is 7.55. The summed E-state index contributed by atoms with van der Waals surface area (Å²) in [5, 5.41) is 7.48. The standard InChI is InChI=1S/C20H16IN5O2/c1-13-23-19-17(11-22-26(19)16-5-3-2-4-6-16)20(28)25(13)12-18(27)24-15-9-7-14(21)8-10-15/h2-11H,12H2,1H3,(H,24,27). The predicted octanol–water partition coefficient (Wildman–Crippen LogP) is 3.13. The molecule has 0 aliphatic carbocycles. The number of fused-ring (bicyclic) bond motifs is 1. The molecule has 28 heavy (non-hydrogen) atoms. The summed E-state index contributed by atoms with van der Waals surface area (Å²) >= 11 is 2.20. The van der Waals surface area contributed by atoms with Crippen LogP contribution in [-0.2, 0) is 11.3 Å². The smallest absolute Gasteiger partial charge is 0.265 e. The molecule has 0 saturated carbocycles. The Hall–Kier alpha value is -3.01. The second-order valence-electron chi connectivity index (χ2n) is 6.23. The first-order valence-corrected chi connectivity index (χ1v) is 9.67. The van der Waals surface area contributed by atoms with Crippen LogP contribution in [-0.4, -0.2) is 25.2 Å². The Kier molecular flexibility index (Phi) is 4.95. The Balaban J connectivity index is 1.66. The van der Waals surface area contributed by atoms with Gasteiger partial charge in [-0.3, -0.25) is 14.2 Å². The van der Waals surface area contributed by atoms with Gasteiger partial charge < -0.3 is 5.32 Å². The minimum absolute atomic E-state index is 0.115. The van der Waals surface area contributed by atoms with Crippen LogP contribution in [0.5, 0.6) is 0 Å². The summed E-state index contributed by atoms with van der Waals surface area (Å²) in [5.41, 5.74) is 1.69. The van der Waals surface area contributed by atoms with Crippen molar-refractivity contribution in [3.05, 3.63) is 80.5 Å². The number of aryl methyl sites for hydroxylation is 1. The third-order valence-corrected chi connectivity index (χ3v) is 5.03. The van der Waals surface area contributed by atoms with Gasteiger partial charge in [-0.05, 0) is 65.9 Å². The van der Waals surface area contributed by atoms with E-state index in [1.165, 1.54) is 10.8 Å². The van der Waals surface area contributed by atoms with Gasteiger partial charge in [0.1, 0.15) is 17.8 Å². The van der Waals surface area contributed by atoms with E-state index in [9.17, 15) is 9.59 Å². The lowest BCUT2D eigenvalue weighted by molar-refractivity contribution is -0.116. The molecular formula is C20H16IN5O2. The van der Waals surface area contributed by atoms with Crippen LogP contribution in [0.3, 0.4) is 0 Å². The van der Waals surface area contributed by atoms with Crippen molar-refractivity contribution in [2.24, 2.45) is 0 Å². The van der Waals surface area contributed by atoms with Crippen LogP contribution in [0.1, 0.15) is 5.82 Å². The van der Waals surface area contributed by atoms with Crippen molar-refractivity contribution < 1.29 is 4.79 Å². The maximum absolute atomic E-state index is 12.9. The summed E-state index contributed by atoms with van der Waals surface area (Å²) in [6.45, 7) is 1.59. The predicted molar refractivity (Wildman–Crippen MR) is 116 cm³/mol. The lowest BCUT2D eigenvalue weighted by Gasteiger charge is -2.11. The number of carbonyl (C=O) groups excluding carboxylic acids is 1. The van der Waals surface area contributed by atoms with Crippen LogP contribution in [0.4, 0.5) is 5.69 Å². The highest BCUT2D eigenvalue weighted by Gasteiger charge is 2.16. The molecule has 0 radical (unpaired) electrons. The normalized spacial score (nSPS) is 10.9. The van der Waals surface area contributed by atoms with Crippen LogP contribution in [0, 0.1) is 10.5 Å². The second-order valence-corrected chi connectivity index (χ2v) is 7.48. The molecule has 2 heterocycles. The quantitative estimate of drug-likeness (QED) is 0.451. The van der Waals surface area contributed by atoms with E-state index in [2.05, 4.69) is 38.0 Å². The van der Waals surface area contributed by atoms with Crippen molar-refractivity contribution in [3.63, 3.8) is 0 Å². The van der Waals surface area contributed by atoms with Gasteiger partial charge in [0.05, 0.1) is 11.9 Å². The molecule has 7 nitrogen and oxygen atoms in total. The number of rotatable bonds is 4. The number of benzene rings is 2. The van der Waals surface area contributed by atoms with Crippen LogP contribution in [0.15, 0.2) is 65.6 Å². The monoisotopic (exact) mass is 485 g/mol. The highest BCUT2D eigenvalue weighted by Crippen LogP contribution is 2.15. The lowest BCUT2D eigenvalue weighted by atomic mass is 10.3. The van der Waals surface area contributed by atoms with E-state index in [4.69, 9.17) is 0 Å². The number of hydrogen-bond donors (Lipinski definition) is 1. The first-order chi connectivity index (χ1) is 13.5. The molecule has 1 N–H and O–H groups in total. The molecule has 0 aliphatic heterocycles. The molecule has 2 aromatic carbocycles. The van der Waals surface area contributed by atoms with Gasteiger partial charge in [-0.2, -0.15) is 5.10 Å². The van der Waals surface area contributed by atoms with Crippen LogP contribution in [0.2, 0.25) is 0 Å². The molecule has 0 fully saturated rings. The number of aromatic nitrogens is 4. The SMILES string of the molecule is Cc1nc2c(cnn2-c2ccccc2)c(=O)n1CC(=O)Nc1ccc(I)cc1. The third kappa shape index (κ3) is 3.55. The van der Waals surface area contributed by atoms with Gasteiger partial charge in [0.25, 0.3) is 5.56 Å². The average Bonchev–Trinajstić information content (AvgIpc) is 3.11. The van der Waals surface area contributed by atoms with Gasteiger partial charge in [-0.1, -0.05) is 18.2 Å². The van der Waals surface area contributed by atoms with E-state index in [1.807, 2.05) is 54.6 Å². The van der Waals surface area contributed by atoms with Crippen molar-refractivity contribution in [2.45, 2.75) is 13.5 Å². The first kappa shape index (κ1) is 18.4. The van der Waals surface area contributed by atoms with Crippen molar-refractivity contribution in [2.75, 3.05) is 5.32 Å². The molecule has 1 amide bonds. The van der Waals surface area contributed by atoms with E-state index < -0.39 is 0 Å². The number of carbonyl (C=O) groups is 1. The maximum atomic E-state index is 12.9. The van der Waals surface area contributed by atoms with E-state index in [0.717, 1.165) is 9.26 Å². The molecule has 2 aromatic heterocycles. The Labute approximate surface area is 174 Å². The Morgan fingerprint density at radius 2 is 1.82 bits per heavy atom. The van der Waals surface area contributed by atoms with E-state index >= 15 is 0 Å². The summed E-state index contributed by atoms with van der Waals surface area (Å²) in [7, 11) is 0. The van der Waals surface area contributed by atoms with E-state index in [1.54, 1.807) is 11.6 Å². The highest BCUT2D eigenvalue weighted by molar-refractivity contribution is 14.1. The minimum atomic E-state index is -0.289. The number of hydrogen-bond acceptors (Lipinski definition) is 4. The molecule has 0 spiro atoms. The summed E-state index contributed by atoms with van der Waals surface area (Å²) in [6.07, 6.45) is 1.49.